The van der Waals surface area contributed by atoms with E-state index in [4.69, 9.17) is 0 Å². The number of aryl methyl sites for hydroxylation is 1. The summed E-state index contributed by atoms with van der Waals surface area (Å²) in [4.78, 5) is 12.0. The Kier molecular flexibility index (Phi) is 4.70. The summed E-state index contributed by atoms with van der Waals surface area (Å²) in [6.07, 6.45) is -4.38. The molecule has 1 amide bonds. The molecule has 0 unspecified atom stereocenters. The topological polar surface area (TPSA) is 38.3 Å². The lowest BCUT2D eigenvalue weighted by atomic mass is 10.1. The van der Waals surface area contributed by atoms with Gasteiger partial charge in [-0.3, -0.25) is 4.79 Å². The molecule has 0 fully saturated rings. The molecule has 2 rings (SSSR count). The maximum Gasteiger partial charge on any atom is 0.422 e. The van der Waals surface area contributed by atoms with Crippen LogP contribution >= 0.6 is 0 Å². The second kappa shape index (κ2) is 6.51. The number of nitrogens with one attached hydrogen (secondary N) is 1. The van der Waals surface area contributed by atoms with E-state index in [1.54, 1.807) is 12.1 Å². The van der Waals surface area contributed by atoms with Gasteiger partial charge in [0.2, 0.25) is 0 Å². The summed E-state index contributed by atoms with van der Waals surface area (Å²) in [5.74, 6) is -0.199. The molecule has 2 aromatic rings. The molecule has 0 aliphatic carbocycles. The van der Waals surface area contributed by atoms with Gasteiger partial charge in [-0.05, 0) is 43.3 Å². The fraction of sp³-hybridized carbons (Fsp3) is 0.188. The Labute approximate surface area is 125 Å². The SMILES string of the molecule is Cc1ccc(C(=O)Nc2ccc(OCC(F)(F)F)cc2)cc1. The second-order valence-electron chi connectivity index (χ2n) is 4.75. The van der Waals surface area contributed by atoms with Crippen LogP contribution in [0.4, 0.5) is 18.9 Å². The van der Waals surface area contributed by atoms with E-state index in [9.17, 15) is 18.0 Å². The van der Waals surface area contributed by atoms with Crippen LogP contribution in [-0.2, 0) is 0 Å². The van der Waals surface area contributed by atoms with Gasteiger partial charge in [0.1, 0.15) is 5.75 Å². The first-order valence-electron chi connectivity index (χ1n) is 6.51. The number of ether oxygens (including phenoxy) is 1. The van der Waals surface area contributed by atoms with Gasteiger partial charge in [-0.25, -0.2) is 0 Å². The monoisotopic (exact) mass is 309 g/mol. The molecule has 22 heavy (non-hydrogen) atoms. The van der Waals surface area contributed by atoms with Crippen molar-refractivity contribution in [3.8, 4) is 5.75 Å². The Balaban J connectivity index is 1.96. The summed E-state index contributed by atoms with van der Waals surface area (Å²) in [7, 11) is 0. The largest absolute Gasteiger partial charge is 0.484 e. The molecule has 0 atom stereocenters. The minimum Gasteiger partial charge on any atom is -0.484 e. The van der Waals surface area contributed by atoms with Crippen molar-refractivity contribution in [1.29, 1.82) is 0 Å². The van der Waals surface area contributed by atoms with Crippen LogP contribution in [0.2, 0.25) is 0 Å². The Morgan fingerprint density at radius 3 is 2.18 bits per heavy atom. The smallest absolute Gasteiger partial charge is 0.422 e. The number of carbonyl (C=O) groups is 1. The number of anilines is 1. The molecule has 6 heteroatoms. The summed E-state index contributed by atoms with van der Waals surface area (Å²) >= 11 is 0. The first-order chi connectivity index (χ1) is 10.3. The van der Waals surface area contributed by atoms with E-state index in [0.29, 0.717) is 11.3 Å². The van der Waals surface area contributed by atoms with Gasteiger partial charge in [-0.2, -0.15) is 13.2 Å². The van der Waals surface area contributed by atoms with Crippen LogP contribution in [0.1, 0.15) is 15.9 Å². The van der Waals surface area contributed by atoms with Crippen LogP contribution in [0.5, 0.6) is 5.75 Å². The van der Waals surface area contributed by atoms with Gasteiger partial charge in [0.15, 0.2) is 6.61 Å². The molecule has 0 aliphatic rings. The van der Waals surface area contributed by atoms with E-state index in [-0.39, 0.29) is 11.7 Å². The third-order valence-corrected chi connectivity index (χ3v) is 2.83. The molecular weight excluding hydrogens is 295 g/mol. The van der Waals surface area contributed by atoms with Gasteiger partial charge in [-0.15, -0.1) is 0 Å². The zero-order valence-electron chi connectivity index (χ0n) is 11.8. The number of amides is 1. The summed E-state index contributed by atoms with van der Waals surface area (Å²) < 4.78 is 40.7. The van der Waals surface area contributed by atoms with Crippen LogP contribution in [0.25, 0.3) is 0 Å². The van der Waals surface area contributed by atoms with Crippen LogP contribution in [-0.4, -0.2) is 18.7 Å². The number of rotatable bonds is 4. The van der Waals surface area contributed by atoms with E-state index >= 15 is 0 Å². The lowest BCUT2D eigenvalue weighted by molar-refractivity contribution is -0.153. The minimum absolute atomic E-state index is 0.0886. The third kappa shape index (κ3) is 4.80. The second-order valence-corrected chi connectivity index (χ2v) is 4.75. The maximum atomic E-state index is 12.0. The van der Waals surface area contributed by atoms with Crippen LogP contribution < -0.4 is 10.1 Å². The highest BCUT2D eigenvalue weighted by Gasteiger charge is 2.28. The quantitative estimate of drug-likeness (QED) is 0.919. The standard InChI is InChI=1S/C16H14F3NO2/c1-11-2-4-12(5-3-11)15(21)20-13-6-8-14(9-7-13)22-10-16(17,18)19/h2-9H,10H2,1H3,(H,20,21). The number of hydrogen-bond donors (Lipinski definition) is 1. The summed E-state index contributed by atoms with van der Waals surface area (Å²) in [6.45, 7) is 0.573. The average Bonchev–Trinajstić information content (AvgIpc) is 2.46. The summed E-state index contributed by atoms with van der Waals surface area (Å²) in [5, 5.41) is 2.66. The predicted octanol–water partition coefficient (Wildman–Crippen LogP) is 4.19. The van der Waals surface area contributed by atoms with Crippen molar-refractivity contribution < 1.29 is 22.7 Å². The molecule has 0 aliphatic heterocycles. The summed E-state index contributed by atoms with van der Waals surface area (Å²) in [5.41, 5.74) is 2.02. The Morgan fingerprint density at radius 1 is 1.05 bits per heavy atom. The number of benzene rings is 2. The fourth-order valence-corrected chi connectivity index (χ4v) is 1.71. The summed E-state index contributed by atoms with van der Waals surface area (Å²) in [6, 6.07) is 12.8. The fourth-order valence-electron chi connectivity index (χ4n) is 1.71. The molecule has 116 valence electrons. The van der Waals surface area contributed by atoms with E-state index in [1.807, 2.05) is 19.1 Å². The Morgan fingerprint density at radius 2 is 1.64 bits per heavy atom. The lowest BCUT2D eigenvalue weighted by Gasteiger charge is -2.10. The highest BCUT2D eigenvalue weighted by molar-refractivity contribution is 6.04. The molecule has 2 aromatic carbocycles. The Bertz CT molecular complexity index is 634. The zero-order chi connectivity index (χ0) is 16.2. The van der Waals surface area contributed by atoms with E-state index in [1.165, 1.54) is 24.3 Å². The van der Waals surface area contributed by atoms with Crippen molar-refractivity contribution in [2.24, 2.45) is 0 Å². The van der Waals surface area contributed by atoms with Crippen LogP contribution in [0, 0.1) is 6.92 Å². The van der Waals surface area contributed by atoms with Crippen molar-refractivity contribution in [2.75, 3.05) is 11.9 Å². The van der Waals surface area contributed by atoms with Crippen molar-refractivity contribution in [2.45, 2.75) is 13.1 Å². The molecule has 0 saturated carbocycles. The highest BCUT2D eigenvalue weighted by Crippen LogP contribution is 2.20. The molecule has 0 spiro atoms. The number of hydrogen-bond acceptors (Lipinski definition) is 2. The van der Waals surface area contributed by atoms with Crippen molar-refractivity contribution >= 4 is 11.6 Å². The van der Waals surface area contributed by atoms with Gasteiger partial charge in [-0.1, -0.05) is 17.7 Å². The van der Waals surface area contributed by atoms with Crippen LogP contribution in [0.3, 0.4) is 0 Å². The molecule has 1 N–H and O–H groups in total. The predicted molar refractivity (Wildman–Crippen MR) is 77.1 cm³/mol. The van der Waals surface area contributed by atoms with Gasteiger partial charge in [0, 0.05) is 11.3 Å². The van der Waals surface area contributed by atoms with Gasteiger partial charge in [0.25, 0.3) is 5.91 Å². The molecule has 0 saturated heterocycles. The minimum atomic E-state index is -4.38. The van der Waals surface area contributed by atoms with Crippen molar-refractivity contribution in [3.05, 3.63) is 59.7 Å². The van der Waals surface area contributed by atoms with E-state index in [0.717, 1.165) is 5.56 Å². The molecule has 0 bridgehead atoms. The molecule has 0 aromatic heterocycles. The lowest BCUT2D eigenvalue weighted by Crippen LogP contribution is -2.19. The molecular formula is C16H14F3NO2. The first kappa shape index (κ1) is 15.9. The highest BCUT2D eigenvalue weighted by atomic mass is 19.4. The number of halogens is 3. The maximum absolute atomic E-state index is 12.0. The number of carbonyl (C=O) groups excluding carboxylic acids is 1. The molecule has 3 nitrogen and oxygen atoms in total. The van der Waals surface area contributed by atoms with Gasteiger partial charge in [0.05, 0.1) is 0 Å². The van der Waals surface area contributed by atoms with Crippen LogP contribution in [0.15, 0.2) is 48.5 Å². The van der Waals surface area contributed by atoms with Crippen molar-refractivity contribution in [1.82, 2.24) is 0 Å². The van der Waals surface area contributed by atoms with Gasteiger partial charge >= 0.3 is 6.18 Å². The third-order valence-electron chi connectivity index (χ3n) is 2.83. The number of alkyl halides is 3. The zero-order valence-corrected chi connectivity index (χ0v) is 11.8. The van der Waals surface area contributed by atoms with Gasteiger partial charge < -0.3 is 10.1 Å². The first-order valence-corrected chi connectivity index (χ1v) is 6.51. The van der Waals surface area contributed by atoms with E-state index in [2.05, 4.69) is 10.1 Å². The average molecular weight is 309 g/mol. The normalized spacial score (nSPS) is 11.1. The molecule has 0 radical (unpaired) electrons. The Hall–Kier alpha value is -2.50. The van der Waals surface area contributed by atoms with Crippen molar-refractivity contribution in [3.63, 3.8) is 0 Å². The van der Waals surface area contributed by atoms with E-state index < -0.39 is 12.8 Å². The molecule has 0 heterocycles.